The van der Waals surface area contributed by atoms with Crippen molar-refractivity contribution in [2.75, 3.05) is 0 Å². The Morgan fingerprint density at radius 3 is 1.42 bits per heavy atom. The van der Waals surface area contributed by atoms with Crippen molar-refractivity contribution in [3.63, 3.8) is 0 Å². The molecule has 0 heterocycles. The second-order valence-corrected chi connectivity index (χ2v) is 27.2. The number of halogens is 10. The average molecular weight is 1110 g/mol. The second-order valence-electron chi connectivity index (χ2n) is 11.4. The van der Waals surface area contributed by atoms with E-state index < -0.39 is 20.9 Å². The Labute approximate surface area is 359 Å². The molecule has 0 amide bonds. The first kappa shape index (κ1) is 48.0. The molecule has 16 heteroatoms. The minimum absolute atomic E-state index is 0.228. The molecule has 0 saturated carbocycles. The van der Waals surface area contributed by atoms with Crippen LogP contribution in [0.15, 0.2) is 145 Å². The molecule has 0 atom stereocenters. The third kappa shape index (κ3) is 23.6. The minimum atomic E-state index is -2.28. The number of hydrogen-bond acceptors (Lipinski definition) is 0. The Balaban J connectivity index is 0.000000316. The van der Waals surface area contributed by atoms with Gasteiger partial charge in [-0.05, 0) is 28.0 Å². The van der Waals surface area contributed by atoms with Crippen LogP contribution in [-0.2, 0) is 6.32 Å². The maximum atomic E-state index is 11.5. The largest absolute Gasteiger partial charge is 0.564 e. The number of fused-ring (bicyclic) bond motifs is 1. The van der Waals surface area contributed by atoms with E-state index in [1.165, 1.54) is 27.3 Å². The van der Waals surface area contributed by atoms with E-state index in [2.05, 4.69) is 173 Å². The van der Waals surface area contributed by atoms with E-state index in [0.29, 0.717) is 4.36 Å². The van der Waals surface area contributed by atoms with Crippen LogP contribution < -0.4 is 16.4 Å². The Hall–Kier alpha value is -0.0384. The topological polar surface area (TPSA) is 0 Å². The number of hydrogen-bond donors (Lipinski definition) is 0. The zero-order chi connectivity index (χ0) is 37.5. The van der Waals surface area contributed by atoms with Gasteiger partial charge in [-0.1, -0.05) is 170 Å². The minimum Gasteiger partial charge on any atom is -0.282 e. The molecule has 0 aliphatic carbocycles. The van der Waals surface area contributed by atoms with Crippen molar-refractivity contribution in [1.82, 2.24) is 0 Å². The molecule has 0 aliphatic rings. The first-order valence-electron chi connectivity index (χ1n) is 15.3. The summed E-state index contributed by atoms with van der Waals surface area (Å²) in [5.74, 6) is 0.978. The predicted molar refractivity (Wildman–Crippen MR) is 255 cm³/mol. The number of rotatable bonds is 7. The monoisotopic (exact) mass is 1110 g/mol. The molecule has 0 aromatic heterocycles. The van der Waals surface area contributed by atoms with Gasteiger partial charge >= 0.3 is 25.9 Å². The van der Waals surface area contributed by atoms with Crippen LogP contribution in [0.1, 0.15) is 5.56 Å². The summed E-state index contributed by atoms with van der Waals surface area (Å²) in [5, 5.41) is 2.58. The van der Waals surface area contributed by atoms with Gasteiger partial charge in [0.2, 0.25) is 0 Å². The summed E-state index contributed by atoms with van der Waals surface area (Å²) in [5.41, 5.74) is 6.07. The molecular weight excluding hydrogens is 1080 g/mol. The van der Waals surface area contributed by atoms with Crippen molar-refractivity contribution in [3.05, 3.63) is 151 Å². The van der Waals surface area contributed by atoms with E-state index in [9.17, 15) is 8.63 Å². The third-order valence-electron chi connectivity index (χ3n) is 6.14. The normalized spacial score (nSPS) is 10.1. The van der Waals surface area contributed by atoms with Gasteiger partial charge in [-0.2, -0.15) is 22.9 Å². The van der Waals surface area contributed by atoms with Crippen LogP contribution in [0.2, 0.25) is 19.6 Å². The fourth-order valence-electron chi connectivity index (χ4n) is 3.79. The lowest BCUT2D eigenvalue weighted by Crippen LogP contribution is -2.17. The van der Waals surface area contributed by atoms with Gasteiger partial charge in [0.25, 0.3) is 0 Å². The van der Waals surface area contributed by atoms with E-state index in [1.807, 2.05) is 74.2 Å². The van der Waals surface area contributed by atoms with Crippen molar-refractivity contribution in [2.45, 2.75) is 26.0 Å². The SMILES string of the molecule is BrB(Br)Cc1ccccc1.BrB(Br)c1cccc2ccccc12.BrB(Br)c1ccccc1.C[Si](C)(C)/C=C/B(F)F.ClB(Cl)c1ccccc1. The van der Waals surface area contributed by atoms with Gasteiger partial charge < -0.3 is 0 Å². The first-order chi connectivity index (χ1) is 23.6. The summed E-state index contributed by atoms with van der Waals surface area (Å²) >= 11 is 31.8. The molecule has 5 aromatic carbocycles. The highest BCUT2D eigenvalue weighted by Crippen LogP contribution is 2.15. The van der Waals surface area contributed by atoms with E-state index in [4.69, 9.17) is 22.9 Å². The summed E-state index contributed by atoms with van der Waals surface area (Å²) in [4.78, 5) is 0. The van der Waals surface area contributed by atoms with Crippen LogP contribution in [0.4, 0.5) is 8.63 Å². The molecule has 0 unspecified atom stereocenters. The molecule has 260 valence electrons. The fraction of sp³-hybridized carbons (Fsp3) is 0.118. The van der Waals surface area contributed by atoms with E-state index >= 15 is 0 Å². The van der Waals surface area contributed by atoms with Gasteiger partial charge in [-0.25, -0.2) is 0 Å². The highest BCUT2D eigenvalue weighted by molar-refractivity contribution is 9.50. The van der Waals surface area contributed by atoms with Gasteiger partial charge in [0, 0.05) is 0 Å². The fourth-order valence-corrected chi connectivity index (χ4v) is 6.96. The van der Waals surface area contributed by atoms with E-state index in [0.717, 1.165) is 17.8 Å². The summed E-state index contributed by atoms with van der Waals surface area (Å²) in [6, 6.07) is 44.8. The summed E-state index contributed by atoms with van der Waals surface area (Å²) in [6.45, 7) is 6.06. The molecule has 0 saturated heterocycles. The van der Waals surface area contributed by atoms with Crippen LogP contribution in [-0.4, -0.2) is 34.0 Å². The summed E-state index contributed by atoms with van der Waals surface area (Å²) in [6.07, 6.45) is 1.03. The average Bonchev–Trinajstić information content (AvgIpc) is 3.09. The van der Waals surface area contributed by atoms with Crippen molar-refractivity contribution in [1.29, 1.82) is 0 Å². The van der Waals surface area contributed by atoms with Crippen molar-refractivity contribution in [3.8, 4) is 0 Å². The predicted octanol–water partition coefficient (Wildman–Crippen LogP) is 12.8. The number of benzene rings is 5. The van der Waals surface area contributed by atoms with Crippen molar-refractivity contribution in [2.24, 2.45) is 0 Å². The zero-order valence-electron chi connectivity index (χ0n) is 27.7. The van der Waals surface area contributed by atoms with Gasteiger partial charge in [-0.15, -0.1) is 100 Å². The molecule has 0 bridgehead atoms. The molecule has 0 nitrogen and oxygen atoms in total. The van der Waals surface area contributed by atoms with Crippen molar-refractivity contribution >= 4 is 179 Å². The van der Waals surface area contributed by atoms with Gasteiger partial charge in [0.1, 0.15) is 0 Å². The van der Waals surface area contributed by atoms with Gasteiger partial charge in [-0.3, -0.25) is 8.63 Å². The van der Waals surface area contributed by atoms with Crippen LogP contribution in [0.3, 0.4) is 0 Å². The van der Waals surface area contributed by atoms with E-state index in [-0.39, 0.29) is 8.72 Å². The van der Waals surface area contributed by atoms with E-state index in [1.54, 1.807) is 5.70 Å². The summed E-state index contributed by atoms with van der Waals surface area (Å²) in [7, 11) is -3.66. The molecule has 0 N–H and O–H groups in total. The second kappa shape index (κ2) is 27.5. The van der Waals surface area contributed by atoms with Crippen LogP contribution in [0, 0.1) is 0 Å². The highest BCUT2D eigenvalue weighted by Gasteiger charge is 2.12. The highest BCUT2D eigenvalue weighted by atomic mass is 79.9. The Morgan fingerprint density at radius 2 is 1.04 bits per heavy atom. The van der Waals surface area contributed by atoms with Crippen molar-refractivity contribution < 1.29 is 8.63 Å². The third-order valence-corrected chi connectivity index (χ3v) is 10.5. The Bertz CT molecular complexity index is 1580. The lowest BCUT2D eigenvalue weighted by Gasteiger charge is -2.06. The lowest BCUT2D eigenvalue weighted by molar-refractivity contribution is 0.683. The molecule has 0 radical (unpaired) electrons. The standard InChI is InChI=1S/C10H7BBr2.C7H7BBr2.C6H5BBr2.C6H5BCl2.C5H11BF2Si/c12-11(13)10-7-3-5-8-4-1-2-6-9(8)10;9-8(10)6-7-4-2-1-3-5-7;2*8-7(9)6-4-2-1-3-5-6;1-9(2,3)5-4-6(7)8/h1-7H;1-5H,6H2;2*1-5H;4-5H,1-3H3/b;;;;5-4+. The molecular formula is C34H35B5Br6Cl2F2Si. The van der Waals surface area contributed by atoms with Gasteiger partial charge in [0.15, 0.2) is 0 Å². The van der Waals surface area contributed by atoms with Gasteiger partial charge in [0.05, 0.1) is 8.07 Å². The Kier molecular flexibility index (Phi) is 26.4. The maximum Gasteiger partial charge on any atom is 0.564 e. The van der Waals surface area contributed by atoms with Crippen LogP contribution >= 0.6 is 117 Å². The maximum absolute atomic E-state index is 11.5. The summed E-state index contributed by atoms with van der Waals surface area (Å²) < 4.78 is 23.9. The van der Waals surface area contributed by atoms with Crippen LogP contribution in [0.5, 0.6) is 0 Å². The zero-order valence-corrected chi connectivity index (χ0v) is 39.8. The smallest absolute Gasteiger partial charge is 0.282 e. The molecule has 0 spiro atoms. The lowest BCUT2D eigenvalue weighted by atomic mass is 9.89. The molecule has 50 heavy (non-hydrogen) atoms. The molecule has 0 aliphatic heterocycles. The molecule has 0 fully saturated rings. The first-order valence-corrected chi connectivity index (χ1v) is 25.3. The Morgan fingerprint density at radius 1 is 0.580 bits per heavy atom. The molecule has 5 aromatic rings. The van der Waals surface area contributed by atoms with Crippen LogP contribution in [0.25, 0.3) is 10.8 Å². The quantitative estimate of drug-likeness (QED) is 0.143. The molecule has 5 rings (SSSR count).